The summed E-state index contributed by atoms with van der Waals surface area (Å²) in [6.45, 7) is 3.49. The lowest BCUT2D eigenvalue weighted by molar-refractivity contribution is 0.212. The van der Waals surface area contributed by atoms with Crippen molar-refractivity contribution in [1.82, 2.24) is 5.32 Å². The van der Waals surface area contributed by atoms with Crippen LogP contribution in [0.25, 0.3) is 11.2 Å². The molecule has 0 amide bonds. The van der Waals surface area contributed by atoms with E-state index >= 15 is 0 Å². The quantitative estimate of drug-likeness (QED) is 0.904. The largest absolute Gasteiger partial charge is 0.486 e. The third-order valence-corrected chi connectivity index (χ3v) is 4.39. The maximum Gasteiger partial charge on any atom is 0.169 e. The Balaban J connectivity index is 0.000000147. The molecule has 0 spiro atoms. The zero-order chi connectivity index (χ0) is 13.8. The van der Waals surface area contributed by atoms with Crippen LogP contribution in [0.1, 0.15) is 51.9 Å². The molecule has 1 N–H and O–H groups in total. The van der Waals surface area contributed by atoms with Gasteiger partial charge in [0.05, 0.1) is 6.10 Å². The third kappa shape index (κ3) is 3.26. The third-order valence-electron chi connectivity index (χ3n) is 4.39. The van der Waals surface area contributed by atoms with Crippen LogP contribution in [0.3, 0.4) is 0 Å². The van der Waals surface area contributed by atoms with Gasteiger partial charge in [0.15, 0.2) is 11.3 Å². The van der Waals surface area contributed by atoms with E-state index in [9.17, 15) is 0 Å². The van der Waals surface area contributed by atoms with Gasteiger partial charge in [-0.25, -0.2) is 0 Å². The first-order chi connectivity index (χ1) is 9.85. The number of benzene rings is 1. The molecule has 1 atom stereocenters. The van der Waals surface area contributed by atoms with E-state index in [2.05, 4.69) is 12.2 Å². The molecule has 2 bridgehead atoms. The van der Waals surface area contributed by atoms with E-state index < -0.39 is 0 Å². The van der Waals surface area contributed by atoms with Crippen LogP contribution in [0.5, 0.6) is 5.75 Å². The summed E-state index contributed by atoms with van der Waals surface area (Å²) in [5.74, 6) is 0.935. The number of nitrogens with one attached hydrogen (secondary N) is 1. The van der Waals surface area contributed by atoms with Gasteiger partial charge in [0, 0.05) is 12.1 Å². The normalized spacial score (nSPS) is 23.1. The van der Waals surface area contributed by atoms with Gasteiger partial charge in [-0.15, -0.1) is 0 Å². The van der Waals surface area contributed by atoms with Gasteiger partial charge in [-0.3, -0.25) is 0 Å². The zero-order valence-electron chi connectivity index (χ0n) is 12.4. The van der Waals surface area contributed by atoms with Crippen LogP contribution in [-0.4, -0.2) is 18.7 Å². The standard InChI is InChI=1S/C11H12O2.C6H13N/c1-2-4-8(3-1)12-11-7-9-5-6-10(11)13-9;1-2-6-4-3-5-7-6/h5-8H,1-4H2;6-7H,2-5H2,1H3. The van der Waals surface area contributed by atoms with Gasteiger partial charge in [0.25, 0.3) is 0 Å². The maximum atomic E-state index is 5.83. The first kappa shape index (κ1) is 13.7. The molecule has 1 aliphatic heterocycles. The second-order valence-electron chi connectivity index (χ2n) is 5.94. The lowest BCUT2D eigenvalue weighted by Gasteiger charge is -2.10. The second-order valence-corrected chi connectivity index (χ2v) is 5.94. The van der Waals surface area contributed by atoms with Crippen LogP contribution in [0.15, 0.2) is 22.6 Å². The predicted molar refractivity (Wildman–Crippen MR) is 81.6 cm³/mol. The minimum Gasteiger partial charge on any atom is -0.486 e. The van der Waals surface area contributed by atoms with Crippen molar-refractivity contribution in [3.8, 4) is 5.75 Å². The number of furan rings is 2. The van der Waals surface area contributed by atoms with Crippen LogP contribution in [-0.2, 0) is 0 Å². The van der Waals surface area contributed by atoms with E-state index in [1.807, 2.05) is 18.2 Å². The second kappa shape index (κ2) is 6.49. The van der Waals surface area contributed by atoms with Gasteiger partial charge in [0.1, 0.15) is 5.58 Å². The predicted octanol–water partition coefficient (Wildman–Crippen LogP) is 4.34. The molecule has 2 aromatic rings. The molecule has 3 heteroatoms. The first-order valence-corrected chi connectivity index (χ1v) is 8.07. The van der Waals surface area contributed by atoms with E-state index in [-0.39, 0.29) is 0 Å². The van der Waals surface area contributed by atoms with Crippen LogP contribution in [0.4, 0.5) is 0 Å². The number of ether oxygens (including phenoxy) is 1. The van der Waals surface area contributed by atoms with Crippen molar-refractivity contribution in [2.45, 2.75) is 64.0 Å². The molecule has 1 aliphatic carbocycles. The van der Waals surface area contributed by atoms with E-state index in [1.54, 1.807) is 0 Å². The van der Waals surface area contributed by atoms with Gasteiger partial charge in [-0.2, -0.15) is 0 Å². The van der Waals surface area contributed by atoms with Gasteiger partial charge >= 0.3 is 0 Å². The molecule has 3 nitrogen and oxygen atoms in total. The molecule has 110 valence electrons. The fraction of sp³-hybridized carbons (Fsp3) is 0.647. The lowest BCUT2D eigenvalue weighted by Crippen LogP contribution is -2.19. The van der Waals surface area contributed by atoms with E-state index in [1.165, 1.54) is 51.5 Å². The monoisotopic (exact) mass is 275 g/mol. The SMILES string of the molecule is CCC1CCCN1.c1cc2oc1cc2OC1CCCC1. The number of fused-ring (bicyclic) bond motifs is 2. The minimum absolute atomic E-state index is 0.427. The Morgan fingerprint density at radius 2 is 2.05 bits per heavy atom. The summed E-state index contributed by atoms with van der Waals surface area (Å²) in [5.41, 5.74) is 1.81. The fourth-order valence-electron chi connectivity index (χ4n) is 3.15. The molecule has 0 aromatic carbocycles. The van der Waals surface area contributed by atoms with Crippen molar-refractivity contribution in [1.29, 1.82) is 0 Å². The lowest BCUT2D eigenvalue weighted by atomic mass is 10.2. The van der Waals surface area contributed by atoms with E-state index in [4.69, 9.17) is 9.15 Å². The van der Waals surface area contributed by atoms with Gasteiger partial charge < -0.3 is 14.5 Å². The minimum atomic E-state index is 0.427. The summed E-state index contributed by atoms with van der Waals surface area (Å²) in [6.07, 6.45) is 9.53. The molecule has 1 unspecified atom stereocenters. The van der Waals surface area contributed by atoms with Crippen molar-refractivity contribution in [2.24, 2.45) is 0 Å². The van der Waals surface area contributed by atoms with Crippen molar-refractivity contribution >= 4 is 11.2 Å². The highest BCUT2D eigenvalue weighted by atomic mass is 16.5. The highest BCUT2D eigenvalue weighted by molar-refractivity contribution is 5.69. The van der Waals surface area contributed by atoms with Gasteiger partial charge in [-0.1, -0.05) is 6.92 Å². The zero-order valence-corrected chi connectivity index (χ0v) is 12.4. The highest BCUT2D eigenvalue weighted by Gasteiger charge is 2.18. The molecule has 1 saturated heterocycles. The fourth-order valence-corrected chi connectivity index (χ4v) is 3.15. The molecule has 4 rings (SSSR count). The molecule has 0 radical (unpaired) electrons. The Bertz CT molecular complexity index is 495. The van der Waals surface area contributed by atoms with Gasteiger partial charge in [0.2, 0.25) is 0 Å². The highest BCUT2D eigenvalue weighted by Crippen LogP contribution is 2.32. The summed E-state index contributed by atoms with van der Waals surface area (Å²) in [6, 6.07) is 6.77. The van der Waals surface area contributed by atoms with E-state index in [0.717, 1.165) is 23.0 Å². The Labute approximate surface area is 121 Å². The molecular weight excluding hydrogens is 250 g/mol. The molecule has 3 heterocycles. The average Bonchev–Trinajstić information content (AvgIpc) is 3.25. The summed E-state index contributed by atoms with van der Waals surface area (Å²) >= 11 is 0. The molecule has 2 aromatic heterocycles. The number of hydrogen-bond acceptors (Lipinski definition) is 3. The first-order valence-electron chi connectivity index (χ1n) is 8.07. The van der Waals surface area contributed by atoms with Crippen molar-refractivity contribution in [3.63, 3.8) is 0 Å². The van der Waals surface area contributed by atoms with Crippen LogP contribution >= 0.6 is 0 Å². The van der Waals surface area contributed by atoms with Crippen LogP contribution in [0.2, 0.25) is 0 Å². The maximum absolute atomic E-state index is 5.83. The summed E-state index contributed by atoms with van der Waals surface area (Å²) in [5, 5.41) is 3.41. The van der Waals surface area contributed by atoms with Crippen molar-refractivity contribution in [3.05, 3.63) is 18.2 Å². The average molecular weight is 275 g/mol. The number of rotatable bonds is 3. The summed E-state index contributed by atoms with van der Waals surface area (Å²) < 4.78 is 11.2. The Morgan fingerprint density at radius 1 is 1.20 bits per heavy atom. The molecule has 2 fully saturated rings. The smallest absolute Gasteiger partial charge is 0.169 e. The Kier molecular flexibility index (Phi) is 4.46. The summed E-state index contributed by atoms with van der Waals surface area (Å²) in [4.78, 5) is 0. The number of hydrogen-bond donors (Lipinski definition) is 1. The van der Waals surface area contributed by atoms with Crippen LogP contribution in [0, 0.1) is 0 Å². The van der Waals surface area contributed by atoms with Crippen LogP contribution < -0.4 is 10.1 Å². The van der Waals surface area contributed by atoms with Crippen molar-refractivity contribution < 1.29 is 9.15 Å². The van der Waals surface area contributed by atoms with Gasteiger partial charge in [-0.05, 0) is 63.6 Å². The summed E-state index contributed by atoms with van der Waals surface area (Å²) in [7, 11) is 0. The molecule has 20 heavy (non-hydrogen) atoms. The Hall–Kier alpha value is -1.22. The topological polar surface area (TPSA) is 34.4 Å². The molecule has 2 aliphatic rings. The van der Waals surface area contributed by atoms with Crippen molar-refractivity contribution in [2.75, 3.05) is 6.54 Å². The molecule has 1 saturated carbocycles. The Morgan fingerprint density at radius 3 is 2.55 bits per heavy atom. The van der Waals surface area contributed by atoms with E-state index in [0.29, 0.717) is 6.10 Å². The molecular formula is C17H25NO2.